The normalized spacial score (nSPS) is 16.8. The summed E-state index contributed by atoms with van der Waals surface area (Å²) >= 11 is 0. The number of piperazine rings is 1. The van der Waals surface area contributed by atoms with Gasteiger partial charge in [0, 0.05) is 38.3 Å². The van der Waals surface area contributed by atoms with Gasteiger partial charge < -0.3 is 15.4 Å². The van der Waals surface area contributed by atoms with Crippen molar-refractivity contribution in [3.05, 3.63) is 30.3 Å². The Balaban J connectivity index is 1.78. The number of amides is 1. The summed E-state index contributed by atoms with van der Waals surface area (Å²) in [4.78, 5) is 16.4. The molecule has 0 unspecified atom stereocenters. The van der Waals surface area contributed by atoms with Crippen LogP contribution in [0, 0.1) is 0 Å². The lowest BCUT2D eigenvalue weighted by atomic mass is 10.0. The third-order valence-corrected chi connectivity index (χ3v) is 4.09. The van der Waals surface area contributed by atoms with Gasteiger partial charge in [-0.15, -0.1) is 0 Å². The van der Waals surface area contributed by atoms with Crippen LogP contribution in [0.3, 0.4) is 0 Å². The van der Waals surface area contributed by atoms with Crippen molar-refractivity contribution in [3.8, 4) is 5.75 Å². The summed E-state index contributed by atoms with van der Waals surface area (Å²) in [6.07, 6.45) is 0. The highest BCUT2D eigenvalue weighted by Gasteiger charge is 2.30. The van der Waals surface area contributed by atoms with Crippen LogP contribution in [-0.4, -0.2) is 60.6 Å². The number of hydrogen-bond acceptors (Lipinski definition) is 4. The van der Waals surface area contributed by atoms with E-state index in [2.05, 4.69) is 18.7 Å². The molecule has 1 fully saturated rings. The van der Waals surface area contributed by atoms with Gasteiger partial charge in [-0.2, -0.15) is 0 Å². The van der Waals surface area contributed by atoms with E-state index in [1.807, 2.05) is 35.2 Å². The molecule has 0 aromatic heterocycles. The predicted molar refractivity (Wildman–Crippen MR) is 83.2 cm³/mol. The first kappa shape index (κ1) is 15.8. The van der Waals surface area contributed by atoms with Crippen LogP contribution in [-0.2, 0) is 4.79 Å². The topological polar surface area (TPSA) is 58.8 Å². The van der Waals surface area contributed by atoms with E-state index in [-0.39, 0.29) is 18.1 Å². The molecule has 5 heteroatoms. The number of para-hydroxylation sites is 1. The highest BCUT2D eigenvalue weighted by Crippen LogP contribution is 2.16. The number of benzene rings is 1. The molecule has 0 saturated carbocycles. The largest absolute Gasteiger partial charge is 0.484 e. The molecule has 116 valence electrons. The number of carbonyl (C=O) groups excluding carboxylic acids is 1. The SMILES string of the molecule is CC(C)(CN)N1CCN(C(=O)COc2ccccc2)CC1. The average Bonchev–Trinajstić information content (AvgIpc) is 2.53. The van der Waals surface area contributed by atoms with Gasteiger partial charge in [0.1, 0.15) is 5.75 Å². The summed E-state index contributed by atoms with van der Waals surface area (Å²) in [5.74, 6) is 0.776. The lowest BCUT2D eigenvalue weighted by molar-refractivity contribution is -0.135. The molecule has 1 aliphatic heterocycles. The van der Waals surface area contributed by atoms with Crippen LogP contribution in [0.5, 0.6) is 5.75 Å². The molecule has 1 aromatic rings. The monoisotopic (exact) mass is 291 g/mol. The zero-order chi connectivity index (χ0) is 15.3. The second-order valence-electron chi connectivity index (χ2n) is 5.99. The van der Waals surface area contributed by atoms with Crippen LogP contribution in [0.1, 0.15) is 13.8 Å². The molecule has 2 rings (SSSR count). The quantitative estimate of drug-likeness (QED) is 0.877. The Morgan fingerprint density at radius 1 is 1.19 bits per heavy atom. The Morgan fingerprint density at radius 2 is 1.81 bits per heavy atom. The van der Waals surface area contributed by atoms with Crippen LogP contribution in [0.15, 0.2) is 30.3 Å². The van der Waals surface area contributed by atoms with Gasteiger partial charge in [0.2, 0.25) is 0 Å². The van der Waals surface area contributed by atoms with Crippen molar-refractivity contribution in [1.82, 2.24) is 9.80 Å². The average molecular weight is 291 g/mol. The van der Waals surface area contributed by atoms with Gasteiger partial charge in [0.05, 0.1) is 0 Å². The van der Waals surface area contributed by atoms with E-state index < -0.39 is 0 Å². The zero-order valence-electron chi connectivity index (χ0n) is 12.9. The highest BCUT2D eigenvalue weighted by atomic mass is 16.5. The lowest BCUT2D eigenvalue weighted by Gasteiger charge is -2.43. The van der Waals surface area contributed by atoms with E-state index in [1.165, 1.54) is 0 Å². The van der Waals surface area contributed by atoms with E-state index in [0.717, 1.165) is 31.9 Å². The molecule has 1 amide bonds. The molecule has 0 spiro atoms. The van der Waals surface area contributed by atoms with Gasteiger partial charge in [0.25, 0.3) is 5.91 Å². The smallest absolute Gasteiger partial charge is 0.260 e. The fourth-order valence-corrected chi connectivity index (χ4v) is 2.44. The maximum absolute atomic E-state index is 12.2. The van der Waals surface area contributed by atoms with Gasteiger partial charge in [-0.25, -0.2) is 0 Å². The van der Waals surface area contributed by atoms with Gasteiger partial charge in [-0.1, -0.05) is 18.2 Å². The van der Waals surface area contributed by atoms with Gasteiger partial charge in [-0.3, -0.25) is 9.69 Å². The summed E-state index contributed by atoms with van der Waals surface area (Å²) in [6.45, 7) is 8.21. The Hall–Kier alpha value is -1.59. The van der Waals surface area contributed by atoms with Crippen molar-refractivity contribution in [2.45, 2.75) is 19.4 Å². The molecule has 5 nitrogen and oxygen atoms in total. The highest BCUT2D eigenvalue weighted by molar-refractivity contribution is 5.77. The number of ether oxygens (including phenoxy) is 1. The van der Waals surface area contributed by atoms with E-state index in [4.69, 9.17) is 10.5 Å². The van der Waals surface area contributed by atoms with Crippen LogP contribution in [0.4, 0.5) is 0 Å². The number of nitrogens with two attached hydrogens (primary N) is 1. The Morgan fingerprint density at radius 3 is 2.38 bits per heavy atom. The molecule has 1 aliphatic rings. The maximum atomic E-state index is 12.2. The number of rotatable bonds is 5. The van der Waals surface area contributed by atoms with E-state index in [1.54, 1.807) is 0 Å². The standard InChI is InChI=1S/C16H25N3O2/c1-16(2,13-17)19-10-8-18(9-11-19)15(20)12-21-14-6-4-3-5-7-14/h3-7H,8-13,17H2,1-2H3. The molecule has 2 N–H and O–H groups in total. The lowest BCUT2D eigenvalue weighted by Crippen LogP contribution is -2.58. The van der Waals surface area contributed by atoms with Crippen molar-refractivity contribution in [1.29, 1.82) is 0 Å². The van der Waals surface area contributed by atoms with Crippen molar-refractivity contribution < 1.29 is 9.53 Å². The van der Waals surface area contributed by atoms with E-state index in [9.17, 15) is 4.79 Å². The molecule has 0 bridgehead atoms. The third-order valence-electron chi connectivity index (χ3n) is 4.09. The molecule has 0 radical (unpaired) electrons. The minimum atomic E-state index is -0.00429. The van der Waals surface area contributed by atoms with Crippen molar-refractivity contribution >= 4 is 5.91 Å². The maximum Gasteiger partial charge on any atom is 0.260 e. The van der Waals surface area contributed by atoms with Crippen LogP contribution < -0.4 is 10.5 Å². The fourth-order valence-electron chi connectivity index (χ4n) is 2.44. The summed E-state index contributed by atoms with van der Waals surface area (Å²) in [6, 6.07) is 9.43. The van der Waals surface area contributed by atoms with Crippen molar-refractivity contribution in [2.24, 2.45) is 5.73 Å². The van der Waals surface area contributed by atoms with Crippen molar-refractivity contribution in [3.63, 3.8) is 0 Å². The molecular weight excluding hydrogens is 266 g/mol. The van der Waals surface area contributed by atoms with Crippen molar-refractivity contribution in [2.75, 3.05) is 39.3 Å². The summed E-state index contributed by atoms with van der Waals surface area (Å²) in [5.41, 5.74) is 5.80. The third kappa shape index (κ3) is 4.19. The number of hydrogen-bond donors (Lipinski definition) is 1. The molecule has 1 heterocycles. The summed E-state index contributed by atoms with van der Waals surface area (Å²) in [5, 5.41) is 0. The molecule has 1 saturated heterocycles. The first-order chi connectivity index (χ1) is 10.0. The summed E-state index contributed by atoms with van der Waals surface area (Å²) < 4.78 is 5.51. The van der Waals surface area contributed by atoms with Crippen LogP contribution >= 0.6 is 0 Å². The summed E-state index contributed by atoms with van der Waals surface area (Å²) in [7, 11) is 0. The number of carbonyl (C=O) groups is 1. The molecule has 21 heavy (non-hydrogen) atoms. The number of nitrogens with zero attached hydrogens (tertiary/aromatic N) is 2. The second-order valence-corrected chi connectivity index (χ2v) is 5.99. The predicted octanol–water partition coefficient (Wildman–Crippen LogP) is 0.947. The second kappa shape index (κ2) is 6.91. The first-order valence-electron chi connectivity index (χ1n) is 7.44. The van der Waals surface area contributed by atoms with Crippen LogP contribution in [0.25, 0.3) is 0 Å². The Labute approximate surface area is 126 Å². The molecule has 0 aliphatic carbocycles. The van der Waals surface area contributed by atoms with E-state index >= 15 is 0 Å². The van der Waals surface area contributed by atoms with Gasteiger partial charge in [0.15, 0.2) is 6.61 Å². The molecule has 1 aromatic carbocycles. The Bertz CT molecular complexity index is 454. The fraction of sp³-hybridized carbons (Fsp3) is 0.562. The molecular formula is C16H25N3O2. The zero-order valence-corrected chi connectivity index (χ0v) is 12.9. The minimum Gasteiger partial charge on any atom is -0.484 e. The molecule has 0 atom stereocenters. The van der Waals surface area contributed by atoms with Gasteiger partial charge in [-0.05, 0) is 26.0 Å². The Kier molecular flexibility index (Phi) is 5.20. The first-order valence-corrected chi connectivity index (χ1v) is 7.44. The minimum absolute atomic E-state index is 0.00429. The van der Waals surface area contributed by atoms with Gasteiger partial charge >= 0.3 is 0 Å². The van der Waals surface area contributed by atoms with E-state index in [0.29, 0.717) is 6.54 Å². The van der Waals surface area contributed by atoms with Crippen LogP contribution in [0.2, 0.25) is 0 Å².